The lowest BCUT2D eigenvalue weighted by Crippen LogP contribution is -2.12. The molecule has 0 amide bonds. The minimum atomic E-state index is 0.113. The molecule has 8 rings (SSSR count). The summed E-state index contributed by atoms with van der Waals surface area (Å²) in [5.74, 6) is 0.753. The van der Waals surface area contributed by atoms with Gasteiger partial charge < -0.3 is 9.13 Å². The van der Waals surface area contributed by atoms with Crippen molar-refractivity contribution >= 4 is 21.8 Å². The number of nitrogens with zero attached hydrogens (tertiary/aromatic N) is 2. The van der Waals surface area contributed by atoms with E-state index < -0.39 is 0 Å². The normalized spacial score (nSPS) is 17.3. The summed E-state index contributed by atoms with van der Waals surface area (Å²) in [5, 5.41) is 2.83. The molecule has 44 heavy (non-hydrogen) atoms. The molecule has 2 aromatic heterocycles. The average molecular weight is 577 g/mol. The lowest BCUT2D eigenvalue weighted by Gasteiger charge is -2.24. The summed E-state index contributed by atoms with van der Waals surface area (Å²) in [4.78, 5) is 0. The molecule has 222 valence electrons. The van der Waals surface area contributed by atoms with Crippen LogP contribution in [0.2, 0.25) is 0 Å². The second-order valence-corrected chi connectivity index (χ2v) is 15.5. The highest BCUT2D eigenvalue weighted by molar-refractivity contribution is 5.98. The number of benzene rings is 4. The average Bonchev–Trinajstić information content (AvgIpc) is 3.67. The zero-order valence-corrected chi connectivity index (χ0v) is 27.5. The molecule has 2 nitrogen and oxygen atoms in total. The molecule has 0 aliphatic heterocycles. The maximum atomic E-state index is 2.54. The third-order valence-corrected chi connectivity index (χ3v) is 10.8. The van der Waals surface area contributed by atoms with E-state index in [-0.39, 0.29) is 10.8 Å². The monoisotopic (exact) mass is 576 g/mol. The van der Waals surface area contributed by atoms with E-state index in [4.69, 9.17) is 0 Å². The van der Waals surface area contributed by atoms with Crippen LogP contribution in [0.4, 0.5) is 0 Å². The van der Waals surface area contributed by atoms with Crippen LogP contribution in [0, 0.1) is 0 Å². The van der Waals surface area contributed by atoms with Gasteiger partial charge in [-0.1, -0.05) is 114 Å². The highest BCUT2D eigenvalue weighted by Gasteiger charge is 2.38. The Morgan fingerprint density at radius 2 is 0.909 bits per heavy atom. The van der Waals surface area contributed by atoms with E-state index in [9.17, 15) is 0 Å². The van der Waals surface area contributed by atoms with E-state index in [1.807, 2.05) is 0 Å². The van der Waals surface area contributed by atoms with Crippen LogP contribution in [0.1, 0.15) is 99.6 Å². The summed E-state index contributed by atoms with van der Waals surface area (Å²) >= 11 is 0. The molecule has 6 aromatic rings. The number of aromatic nitrogens is 2. The van der Waals surface area contributed by atoms with Crippen molar-refractivity contribution < 1.29 is 0 Å². The predicted octanol–water partition coefficient (Wildman–Crippen LogP) is 11.0. The zero-order chi connectivity index (χ0) is 30.7. The van der Waals surface area contributed by atoms with Crippen LogP contribution in [0.25, 0.3) is 44.3 Å². The number of hydrogen-bond acceptors (Lipinski definition) is 0. The molecule has 0 spiro atoms. The van der Waals surface area contributed by atoms with Crippen LogP contribution in [-0.2, 0) is 24.9 Å². The second-order valence-electron chi connectivity index (χ2n) is 15.5. The zero-order valence-electron chi connectivity index (χ0n) is 27.5. The van der Waals surface area contributed by atoms with Crippen molar-refractivity contribution in [3.63, 3.8) is 0 Å². The Labute approximate surface area is 262 Å². The first kappa shape index (κ1) is 27.5. The van der Waals surface area contributed by atoms with E-state index in [0.29, 0.717) is 11.8 Å². The van der Waals surface area contributed by atoms with Gasteiger partial charge in [-0.05, 0) is 69.2 Å². The van der Waals surface area contributed by atoms with Gasteiger partial charge in [-0.25, -0.2) is 0 Å². The molecule has 0 saturated heterocycles. The smallest absolute Gasteiger partial charge is 0.0530 e. The molecule has 2 heterocycles. The van der Waals surface area contributed by atoms with Crippen molar-refractivity contribution in [1.29, 1.82) is 0 Å². The largest absolute Gasteiger partial charge is 0.343 e. The van der Waals surface area contributed by atoms with Crippen molar-refractivity contribution in [3.05, 3.63) is 118 Å². The Hall–Kier alpha value is -4.04. The van der Waals surface area contributed by atoms with Gasteiger partial charge in [-0.3, -0.25) is 0 Å². The van der Waals surface area contributed by atoms with Gasteiger partial charge in [0.2, 0.25) is 0 Å². The fourth-order valence-corrected chi connectivity index (χ4v) is 8.51. The van der Waals surface area contributed by atoms with E-state index in [1.54, 1.807) is 0 Å². The summed E-state index contributed by atoms with van der Waals surface area (Å²) in [6.07, 6.45) is 2.24. The lowest BCUT2D eigenvalue weighted by molar-refractivity contribution is 0.583. The summed E-state index contributed by atoms with van der Waals surface area (Å²) in [6, 6.07) is 32.7. The van der Waals surface area contributed by atoms with Gasteiger partial charge in [-0.15, -0.1) is 0 Å². The van der Waals surface area contributed by atoms with Crippen molar-refractivity contribution in [2.75, 3.05) is 0 Å². The maximum absolute atomic E-state index is 2.54. The number of para-hydroxylation sites is 2. The van der Waals surface area contributed by atoms with Gasteiger partial charge >= 0.3 is 0 Å². The van der Waals surface area contributed by atoms with Gasteiger partial charge in [0.1, 0.15) is 0 Å². The molecule has 0 saturated carbocycles. The molecule has 0 fully saturated rings. The highest BCUT2D eigenvalue weighted by atomic mass is 15.0. The molecule has 2 aliphatic rings. The van der Waals surface area contributed by atoms with Crippen LogP contribution >= 0.6 is 0 Å². The third-order valence-electron chi connectivity index (χ3n) is 10.8. The fraction of sp³-hybridized carbons (Fsp3) is 0.333. The van der Waals surface area contributed by atoms with Gasteiger partial charge in [-0.2, -0.15) is 0 Å². The molecule has 4 aromatic carbocycles. The van der Waals surface area contributed by atoms with Gasteiger partial charge in [0, 0.05) is 58.9 Å². The molecule has 2 aliphatic carbocycles. The Bertz CT molecular complexity index is 1960. The topological polar surface area (TPSA) is 9.86 Å². The fourth-order valence-electron chi connectivity index (χ4n) is 8.51. The van der Waals surface area contributed by atoms with Gasteiger partial charge in [0.25, 0.3) is 0 Å². The molecule has 2 atom stereocenters. The quantitative estimate of drug-likeness (QED) is 0.198. The van der Waals surface area contributed by atoms with Crippen molar-refractivity contribution in [3.8, 4) is 22.5 Å². The number of hydrogen-bond donors (Lipinski definition) is 0. The Balaban J connectivity index is 1.30. The molecular formula is C42H44N2. The Kier molecular flexibility index (Phi) is 5.77. The molecule has 2 unspecified atom stereocenters. The van der Waals surface area contributed by atoms with E-state index >= 15 is 0 Å². The molecular weight excluding hydrogens is 532 g/mol. The lowest BCUT2D eigenvalue weighted by atomic mass is 9.80. The summed E-state index contributed by atoms with van der Waals surface area (Å²) < 4.78 is 4.90. The third kappa shape index (κ3) is 3.79. The van der Waals surface area contributed by atoms with Crippen LogP contribution in [0.5, 0.6) is 0 Å². The Morgan fingerprint density at radius 1 is 0.523 bits per heavy atom. The minimum Gasteiger partial charge on any atom is -0.343 e. The first-order chi connectivity index (χ1) is 20.9. The number of aryl methyl sites for hydroxylation is 2. The predicted molar refractivity (Wildman–Crippen MR) is 187 cm³/mol. The van der Waals surface area contributed by atoms with Crippen LogP contribution in [0.15, 0.2) is 84.9 Å². The molecule has 0 radical (unpaired) electrons. The van der Waals surface area contributed by atoms with Crippen LogP contribution in [-0.4, -0.2) is 9.13 Å². The second kappa shape index (κ2) is 9.24. The first-order valence-corrected chi connectivity index (χ1v) is 16.4. The SMILES string of the molecule is Cn1c2c(c3ccccc31)C(CCC1c3cc(C(C)(C)C)ccc3-c3c1c1ccccc1n3C)c1cc(C(C)(C)C)ccc1-2. The minimum absolute atomic E-state index is 0.113. The standard InChI is InChI=1S/C42H44N2/c1-41(2,3)25-17-19-29-33(23-25)27(37-31-13-9-11-15-35(31)43(7)39(29)37)21-22-28-34-24-26(42(4,5)6)18-20-30(34)40-38(28)32-14-10-12-16-36(32)44(40)8/h9-20,23-24,27-28H,21-22H2,1-8H3. The van der Waals surface area contributed by atoms with Crippen LogP contribution in [0.3, 0.4) is 0 Å². The summed E-state index contributed by atoms with van der Waals surface area (Å²) in [7, 11) is 4.52. The molecule has 2 heteroatoms. The van der Waals surface area contributed by atoms with Gasteiger partial charge in [0.05, 0.1) is 11.4 Å². The number of fused-ring (bicyclic) bond motifs is 10. The van der Waals surface area contributed by atoms with Crippen molar-refractivity contribution in [2.45, 2.75) is 77.0 Å². The molecule has 0 bridgehead atoms. The Morgan fingerprint density at radius 3 is 1.30 bits per heavy atom. The molecule has 0 N–H and O–H groups in total. The maximum Gasteiger partial charge on any atom is 0.0530 e. The highest BCUT2D eigenvalue weighted by Crippen LogP contribution is 2.56. The van der Waals surface area contributed by atoms with E-state index in [1.165, 1.54) is 77.7 Å². The first-order valence-electron chi connectivity index (χ1n) is 16.4. The van der Waals surface area contributed by atoms with E-state index in [0.717, 1.165) is 12.8 Å². The summed E-state index contributed by atoms with van der Waals surface area (Å²) in [6.45, 7) is 14.0. The van der Waals surface area contributed by atoms with Crippen LogP contribution < -0.4 is 0 Å². The van der Waals surface area contributed by atoms with Crippen molar-refractivity contribution in [2.24, 2.45) is 14.1 Å². The van der Waals surface area contributed by atoms with E-state index in [2.05, 4.69) is 150 Å². The van der Waals surface area contributed by atoms with Gasteiger partial charge in [0.15, 0.2) is 0 Å². The van der Waals surface area contributed by atoms with Crippen molar-refractivity contribution in [1.82, 2.24) is 9.13 Å². The summed E-state index contributed by atoms with van der Waals surface area (Å²) in [5.41, 5.74) is 17.5. The number of rotatable bonds is 3.